The lowest BCUT2D eigenvalue weighted by atomic mass is 9.79. The normalized spacial score (nSPS) is 15.1. The zero-order valence-electron chi connectivity index (χ0n) is 21.9. The van der Waals surface area contributed by atoms with Crippen LogP contribution in [0.1, 0.15) is 37.7 Å². The Morgan fingerprint density at radius 3 is 2.24 bits per heavy atom. The van der Waals surface area contributed by atoms with Gasteiger partial charge in [-0.1, -0.05) is 53.2 Å². The second-order valence-corrected chi connectivity index (χ2v) is 9.83. The number of benzene rings is 2. The molecule has 1 aliphatic carbocycles. The van der Waals surface area contributed by atoms with E-state index >= 15 is 0 Å². The number of hydrogen-bond acceptors (Lipinski definition) is 10. The SMILES string of the molecule is [N-]=[N+]=NCC(=O)N(N)c1cc2c(cc1N(N)C(=O)CN=[N+]=[N-])NC1(CCCCC1)C(N=NCc1cccc(Cl)c1)=N2. The van der Waals surface area contributed by atoms with Gasteiger partial charge in [-0.05, 0) is 53.7 Å². The van der Waals surface area contributed by atoms with E-state index in [2.05, 4.69) is 35.6 Å². The van der Waals surface area contributed by atoms with Crippen molar-refractivity contribution in [3.63, 3.8) is 0 Å². The summed E-state index contributed by atoms with van der Waals surface area (Å²) in [6, 6.07) is 10.3. The topological polar surface area (TPSA) is 239 Å². The lowest BCUT2D eigenvalue weighted by molar-refractivity contribution is -0.118. The van der Waals surface area contributed by atoms with Crippen LogP contribution in [-0.2, 0) is 16.1 Å². The Kier molecular flexibility index (Phi) is 9.34. The number of azo groups is 1. The van der Waals surface area contributed by atoms with Gasteiger partial charge < -0.3 is 5.32 Å². The van der Waals surface area contributed by atoms with E-state index in [1.54, 1.807) is 12.1 Å². The molecular formula is C24H27ClN14O2. The van der Waals surface area contributed by atoms with E-state index in [-0.39, 0.29) is 11.4 Å². The van der Waals surface area contributed by atoms with Crippen LogP contribution in [-0.4, -0.2) is 36.3 Å². The standard InChI is InChI=1S/C24H27ClN14O2/c25-16-6-4-5-15(9-16)12-30-35-23-24(7-2-1-3-8-24)34-18-11-20(39(29)22(41)14-32-37-27)19(10-17(18)33-23)38(28)21(40)13-31-36-26/h4-6,9-11,34H,1-3,7-8,12-14,28-29H2. The van der Waals surface area contributed by atoms with Gasteiger partial charge in [0.05, 0.1) is 34.8 Å². The summed E-state index contributed by atoms with van der Waals surface area (Å²) in [5.74, 6) is 11.1. The third-order valence-corrected chi connectivity index (χ3v) is 6.97. The van der Waals surface area contributed by atoms with Crippen molar-refractivity contribution in [1.82, 2.24) is 0 Å². The smallest absolute Gasteiger partial charge is 0.247 e. The van der Waals surface area contributed by atoms with Gasteiger partial charge >= 0.3 is 0 Å². The van der Waals surface area contributed by atoms with Crippen LogP contribution in [0, 0.1) is 0 Å². The number of carbonyl (C=O) groups is 2. The number of carbonyl (C=O) groups excluding carboxylic acids is 2. The predicted octanol–water partition coefficient (Wildman–Crippen LogP) is 5.18. The molecule has 1 aliphatic heterocycles. The Labute approximate surface area is 239 Å². The van der Waals surface area contributed by atoms with Gasteiger partial charge in [-0.2, -0.15) is 5.11 Å². The van der Waals surface area contributed by atoms with E-state index < -0.39 is 30.4 Å². The van der Waals surface area contributed by atoms with Gasteiger partial charge in [0.15, 0.2) is 5.84 Å². The first-order chi connectivity index (χ1) is 19.8. The summed E-state index contributed by atoms with van der Waals surface area (Å²) in [6.45, 7) is -0.839. The summed E-state index contributed by atoms with van der Waals surface area (Å²) in [7, 11) is 0. The fraction of sp³-hybridized carbons (Fsp3) is 0.375. The number of halogens is 1. The number of hydrogen-bond donors (Lipinski definition) is 3. The molecule has 2 aliphatic rings. The first-order valence-corrected chi connectivity index (χ1v) is 13.0. The van der Waals surface area contributed by atoms with Crippen LogP contribution >= 0.6 is 11.6 Å². The van der Waals surface area contributed by atoms with Crippen molar-refractivity contribution in [3.05, 3.63) is 67.9 Å². The zero-order valence-corrected chi connectivity index (χ0v) is 22.6. The molecule has 1 heterocycles. The van der Waals surface area contributed by atoms with Gasteiger partial charge in [0, 0.05) is 14.8 Å². The Morgan fingerprint density at radius 1 is 1.00 bits per heavy atom. The van der Waals surface area contributed by atoms with Crippen molar-refractivity contribution in [3.8, 4) is 0 Å². The van der Waals surface area contributed by atoms with Crippen LogP contribution in [0.4, 0.5) is 22.7 Å². The van der Waals surface area contributed by atoms with Crippen molar-refractivity contribution in [2.45, 2.75) is 44.2 Å². The number of amidine groups is 1. The minimum atomic E-state index is -0.766. The molecule has 2 amide bonds. The number of azide groups is 2. The number of anilines is 3. The van der Waals surface area contributed by atoms with Crippen molar-refractivity contribution in [1.29, 1.82) is 0 Å². The highest BCUT2D eigenvalue weighted by Gasteiger charge is 2.41. The average Bonchev–Trinajstić information content (AvgIpc) is 2.98. The summed E-state index contributed by atoms with van der Waals surface area (Å²) >= 11 is 6.09. The first kappa shape index (κ1) is 29.3. The van der Waals surface area contributed by atoms with E-state index in [9.17, 15) is 9.59 Å². The van der Waals surface area contributed by atoms with Crippen molar-refractivity contribution in [2.24, 2.45) is 37.1 Å². The van der Waals surface area contributed by atoms with E-state index in [0.29, 0.717) is 33.8 Å². The zero-order chi connectivity index (χ0) is 29.4. The molecule has 2 aromatic carbocycles. The molecule has 0 atom stereocenters. The van der Waals surface area contributed by atoms with E-state index in [0.717, 1.165) is 42.7 Å². The number of fused-ring (bicyclic) bond motifs is 1. The molecule has 2 aromatic rings. The molecule has 1 fully saturated rings. The quantitative estimate of drug-likeness (QED) is 0.0953. The number of amides is 2. The highest BCUT2D eigenvalue weighted by molar-refractivity contribution is 6.30. The van der Waals surface area contributed by atoms with E-state index in [1.807, 2.05) is 18.2 Å². The number of rotatable bonds is 8. The lowest BCUT2D eigenvalue weighted by Gasteiger charge is -2.41. The van der Waals surface area contributed by atoms with Crippen molar-refractivity contribution >= 4 is 52.0 Å². The molecule has 0 bridgehead atoms. The minimum Gasteiger partial charge on any atom is -0.371 e. The van der Waals surface area contributed by atoms with Gasteiger partial charge in [-0.3, -0.25) is 9.59 Å². The second-order valence-electron chi connectivity index (χ2n) is 9.40. The molecule has 0 radical (unpaired) electrons. The molecule has 1 spiro atoms. The molecule has 5 N–H and O–H groups in total. The predicted molar refractivity (Wildman–Crippen MR) is 154 cm³/mol. The number of nitrogens with zero attached hydrogens (tertiary/aromatic N) is 11. The first-order valence-electron chi connectivity index (χ1n) is 12.6. The maximum Gasteiger partial charge on any atom is 0.247 e. The molecule has 17 heteroatoms. The lowest BCUT2D eigenvalue weighted by Crippen LogP contribution is -2.49. The summed E-state index contributed by atoms with van der Waals surface area (Å²) in [5, 5.41) is 21.0. The highest BCUT2D eigenvalue weighted by Crippen LogP contribution is 2.45. The van der Waals surface area contributed by atoms with Gasteiger partial charge in [0.2, 0.25) is 11.8 Å². The second kappa shape index (κ2) is 13.1. The number of nitrogens with two attached hydrogens (primary N) is 2. The minimum absolute atomic E-state index is 0.000891. The van der Waals surface area contributed by atoms with Crippen LogP contribution in [0.25, 0.3) is 20.9 Å². The van der Waals surface area contributed by atoms with Crippen LogP contribution in [0.5, 0.6) is 0 Å². The van der Waals surface area contributed by atoms with Crippen LogP contribution in [0.3, 0.4) is 0 Å². The molecule has 0 unspecified atom stereocenters. The summed E-state index contributed by atoms with van der Waals surface area (Å²) in [5.41, 5.74) is 18.4. The maximum absolute atomic E-state index is 12.6. The van der Waals surface area contributed by atoms with E-state index in [4.69, 9.17) is 39.3 Å². The number of nitrogens with one attached hydrogen (secondary N) is 1. The van der Waals surface area contributed by atoms with Crippen molar-refractivity contribution in [2.75, 3.05) is 28.4 Å². The molecule has 16 nitrogen and oxygen atoms in total. The number of aliphatic imine (C=N–C) groups is 1. The monoisotopic (exact) mass is 578 g/mol. The number of hydrazine groups is 2. The summed E-state index contributed by atoms with van der Waals surface area (Å²) in [4.78, 5) is 35.2. The fourth-order valence-electron chi connectivity index (χ4n) is 4.73. The molecule has 41 heavy (non-hydrogen) atoms. The largest absolute Gasteiger partial charge is 0.371 e. The highest BCUT2D eigenvalue weighted by atomic mass is 35.5. The molecule has 1 saturated carbocycles. The summed E-state index contributed by atoms with van der Waals surface area (Å²) in [6.07, 6.45) is 4.43. The molecule has 0 aromatic heterocycles. The van der Waals surface area contributed by atoms with Gasteiger partial charge in [-0.25, -0.2) is 26.7 Å². The average molecular weight is 579 g/mol. The van der Waals surface area contributed by atoms with Gasteiger partial charge in [0.1, 0.15) is 13.1 Å². The van der Waals surface area contributed by atoms with Crippen LogP contribution < -0.4 is 27.0 Å². The third kappa shape index (κ3) is 6.72. The Bertz CT molecular complexity index is 1490. The van der Waals surface area contributed by atoms with Gasteiger partial charge in [0.25, 0.3) is 0 Å². The third-order valence-electron chi connectivity index (χ3n) is 6.73. The molecular weight excluding hydrogens is 552 g/mol. The molecule has 0 saturated heterocycles. The van der Waals surface area contributed by atoms with Crippen LogP contribution in [0.15, 0.2) is 61.8 Å². The van der Waals surface area contributed by atoms with Crippen molar-refractivity contribution < 1.29 is 9.59 Å². The van der Waals surface area contributed by atoms with E-state index in [1.165, 1.54) is 6.07 Å². The summed E-state index contributed by atoms with van der Waals surface area (Å²) < 4.78 is 0. The Hall–Kier alpha value is -4.72. The maximum atomic E-state index is 12.6. The fourth-order valence-corrected chi connectivity index (χ4v) is 4.94. The van der Waals surface area contributed by atoms with Crippen LogP contribution in [0.2, 0.25) is 5.02 Å². The molecule has 4 rings (SSSR count). The Morgan fingerprint density at radius 2 is 1.63 bits per heavy atom. The van der Waals surface area contributed by atoms with Gasteiger partial charge in [-0.15, -0.1) is 5.11 Å². The molecule has 212 valence electrons. The Balaban J connectivity index is 1.78.